The van der Waals surface area contributed by atoms with E-state index < -0.39 is 5.97 Å². The van der Waals surface area contributed by atoms with Crippen LogP contribution < -0.4 is 0 Å². The minimum Gasteiger partial charge on any atom is -0.465 e. The van der Waals surface area contributed by atoms with Gasteiger partial charge in [0.1, 0.15) is 5.82 Å². The van der Waals surface area contributed by atoms with Gasteiger partial charge in [-0.05, 0) is 17.7 Å². The number of ether oxygens (including phenoxy) is 1. The van der Waals surface area contributed by atoms with Gasteiger partial charge in [0.05, 0.1) is 18.2 Å². The topological polar surface area (TPSA) is 43.6 Å². The third-order valence-corrected chi connectivity index (χ3v) is 3.57. The Kier molecular flexibility index (Phi) is 3.62. The highest BCUT2D eigenvalue weighted by molar-refractivity contribution is 6.33. The van der Waals surface area contributed by atoms with E-state index in [1.807, 2.05) is 40.9 Å². The summed E-state index contributed by atoms with van der Waals surface area (Å²) in [5, 5.41) is 0.307. The predicted octanol–water partition coefficient (Wildman–Crippen LogP) is 3.37. The van der Waals surface area contributed by atoms with Gasteiger partial charge in [-0.15, -0.1) is 0 Å². The van der Waals surface area contributed by atoms with Crippen LogP contribution in [0, 0.1) is 0 Å². The number of halogens is 1. The Morgan fingerprint density at radius 3 is 2.71 bits per heavy atom. The van der Waals surface area contributed by atoms with E-state index in [0.717, 1.165) is 11.4 Å². The van der Waals surface area contributed by atoms with Crippen LogP contribution in [0.3, 0.4) is 0 Å². The van der Waals surface area contributed by atoms with Gasteiger partial charge < -0.3 is 9.14 Å². The van der Waals surface area contributed by atoms with Crippen molar-refractivity contribution in [1.29, 1.82) is 0 Å². The maximum Gasteiger partial charge on any atom is 0.340 e. The standard InChI is InChI=1S/C16H13ClN2O2/c1-21-16(20)12-8-5-9-19-13(18-15(17)14(12)19)10-11-6-3-2-4-7-11/h2-9H,10H2,1H3. The van der Waals surface area contributed by atoms with Gasteiger partial charge in [-0.2, -0.15) is 0 Å². The van der Waals surface area contributed by atoms with Crippen molar-refractivity contribution in [2.75, 3.05) is 7.11 Å². The number of aromatic nitrogens is 2. The molecule has 0 bridgehead atoms. The summed E-state index contributed by atoms with van der Waals surface area (Å²) >= 11 is 6.21. The lowest BCUT2D eigenvalue weighted by molar-refractivity contribution is 0.0602. The number of rotatable bonds is 3. The first kappa shape index (κ1) is 13.6. The Labute approximate surface area is 126 Å². The number of fused-ring (bicyclic) bond motifs is 1. The molecule has 3 aromatic rings. The van der Waals surface area contributed by atoms with Crippen LogP contribution in [0.5, 0.6) is 0 Å². The predicted molar refractivity (Wildman–Crippen MR) is 80.8 cm³/mol. The highest BCUT2D eigenvalue weighted by Crippen LogP contribution is 2.24. The van der Waals surface area contributed by atoms with E-state index in [1.165, 1.54) is 7.11 Å². The van der Waals surface area contributed by atoms with Gasteiger partial charge in [0.25, 0.3) is 0 Å². The molecule has 4 nitrogen and oxygen atoms in total. The number of nitrogens with zero attached hydrogens (tertiary/aromatic N) is 2. The second-order valence-corrected chi connectivity index (χ2v) is 4.97. The Bertz CT molecular complexity index is 797. The average molecular weight is 301 g/mol. The molecule has 1 aromatic carbocycles. The molecule has 0 amide bonds. The molecule has 21 heavy (non-hydrogen) atoms. The van der Waals surface area contributed by atoms with E-state index in [9.17, 15) is 4.79 Å². The van der Waals surface area contributed by atoms with Crippen LogP contribution in [0.1, 0.15) is 21.7 Å². The van der Waals surface area contributed by atoms with Crippen molar-refractivity contribution >= 4 is 23.1 Å². The Morgan fingerprint density at radius 2 is 2.00 bits per heavy atom. The summed E-state index contributed by atoms with van der Waals surface area (Å²) in [6.45, 7) is 0. The van der Waals surface area contributed by atoms with E-state index in [1.54, 1.807) is 12.1 Å². The maximum atomic E-state index is 11.8. The van der Waals surface area contributed by atoms with Crippen LogP contribution in [0.25, 0.3) is 5.52 Å². The normalized spacial score (nSPS) is 10.8. The zero-order valence-electron chi connectivity index (χ0n) is 11.4. The van der Waals surface area contributed by atoms with Crippen molar-refractivity contribution in [3.63, 3.8) is 0 Å². The van der Waals surface area contributed by atoms with Crippen LogP contribution in [-0.4, -0.2) is 22.5 Å². The van der Waals surface area contributed by atoms with Gasteiger partial charge >= 0.3 is 5.97 Å². The van der Waals surface area contributed by atoms with Gasteiger partial charge in [0, 0.05) is 12.6 Å². The number of carbonyl (C=O) groups is 1. The van der Waals surface area contributed by atoms with Gasteiger partial charge in [-0.1, -0.05) is 41.9 Å². The molecule has 0 radical (unpaired) electrons. The van der Waals surface area contributed by atoms with Crippen LogP contribution in [0.4, 0.5) is 0 Å². The lowest BCUT2D eigenvalue weighted by atomic mass is 10.1. The lowest BCUT2D eigenvalue weighted by Crippen LogP contribution is -2.04. The van der Waals surface area contributed by atoms with Crippen molar-refractivity contribution in [2.45, 2.75) is 6.42 Å². The number of methoxy groups -OCH3 is 1. The number of hydrogen-bond donors (Lipinski definition) is 0. The van der Waals surface area contributed by atoms with E-state index in [2.05, 4.69) is 4.98 Å². The number of benzene rings is 1. The second-order valence-electron chi connectivity index (χ2n) is 4.61. The highest BCUT2D eigenvalue weighted by Gasteiger charge is 2.17. The molecular weight excluding hydrogens is 288 g/mol. The zero-order chi connectivity index (χ0) is 14.8. The molecule has 0 atom stereocenters. The number of pyridine rings is 1. The molecule has 5 heteroatoms. The van der Waals surface area contributed by atoms with Crippen LogP contribution in [-0.2, 0) is 11.2 Å². The third kappa shape index (κ3) is 2.50. The molecule has 0 unspecified atom stereocenters. The Morgan fingerprint density at radius 1 is 1.24 bits per heavy atom. The zero-order valence-corrected chi connectivity index (χ0v) is 12.2. The molecule has 0 aliphatic carbocycles. The van der Waals surface area contributed by atoms with Crippen molar-refractivity contribution in [2.24, 2.45) is 0 Å². The van der Waals surface area contributed by atoms with E-state index in [0.29, 0.717) is 22.7 Å². The van der Waals surface area contributed by atoms with Gasteiger partial charge in [-0.3, -0.25) is 0 Å². The maximum absolute atomic E-state index is 11.8. The molecule has 0 spiro atoms. The summed E-state index contributed by atoms with van der Waals surface area (Å²) in [5.41, 5.74) is 2.12. The summed E-state index contributed by atoms with van der Waals surface area (Å²) in [4.78, 5) is 16.2. The fourth-order valence-electron chi connectivity index (χ4n) is 2.33. The molecule has 0 aliphatic heterocycles. The number of esters is 1. The molecule has 106 valence electrons. The smallest absolute Gasteiger partial charge is 0.340 e. The van der Waals surface area contributed by atoms with E-state index in [4.69, 9.17) is 16.3 Å². The van der Waals surface area contributed by atoms with Crippen molar-refractivity contribution < 1.29 is 9.53 Å². The van der Waals surface area contributed by atoms with E-state index >= 15 is 0 Å². The number of imidazole rings is 1. The van der Waals surface area contributed by atoms with Crippen molar-refractivity contribution in [3.8, 4) is 0 Å². The fourth-order valence-corrected chi connectivity index (χ4v) is 2.62. The summed E-state index contributed by atoms with van der Waals surface area (Å²) in [5.74, 6) is 0.362. The van der Waals surface area contributed by atoms with Crippen LogP contribution in [0.2, 0.25) is 5.15 Å². The SMILES string of the molecule is COC(=O)c1cccn2c(Cc3ccccc3)nc(Cl)c12. The molecular formula is C16H13ClN2O2. The van der Waals surface area contributed by atoms with Gasteiger partial charge in [-0.25, -0.2) is 9.78 Å². The van der Waals surface area contributed by atoms with Crippen molar-refractivity contribution in [1.82, 2.24) is 9.38 Å². The average Bonchev–Trinajstić information content (AvgIpc) is 2.84. The molecule has 0 saturated carbocycles. The van der Waals surface area contributed by atoms with Gasteiger partial charge in [0.15, 0.2) is 5.15 Å². The number of hydrogen-bond acceptors (Lipinski definition) is 3. The molecule has 2 heterocycles. The summed E-state index contributed by atoms with van der Waals surface area (Å²) in [7, 11) is 1.35. The number of carbonyl (C=O) groups excluding carboxylic acids is 1. The first-order chi connectivity index (χ1) is 10.2. The quantitative estimate of drug-likeness (QED) is 0.697. The summed E-state index contributed by atoms with van der Waals surface area (Å²) in [6.07, 6.45) is 2.48. The first-order valence-electron chi connectivity index (χ1n) is 6.48. The Hall–Kier alpha value is -2.33. The molecule has 0 aliphatic rings. The van der Waals surface area contributed by atoms with Crippen molar-refractivity contribution in [3.05, 3.63) is 70.8 Å². The molecule has 0 N–H and O–H groups in total. The van der Waals surface area contributed by atoms with Crippen LogP contribution in [0.15, 0.2) is 48.7 Å². The molecule has 3 rings (SSSR count). The first-order valence-corrected chi connectivity index (χ1v) is 6.86. The minimum absolute atomic E-state index is 0.307. The minimum atomic E-state index is -0.423. The van der Waals surface area contributed by atoms with E-state index in [-0.39, 0.29) is 0 Å². The monoisotopic (exact) mass is 300 g/mol. The fraction of sp³-hybridized carbons (Fsp3) is 0.125. The molecule has 0 fully saturated rings. The highest BCUT2D eigenvalue weighted by atomic mass is 35.5. The van der Waals surface area contributed by atoms with Gasteiger partial charge in [0.2, 0.25) is 0 Å². The largest absolute Gasteiger partial charge is 0.465 e. The lowest BCUT2D eigenvalue weighted by Gasteiger charge is -2.04. The summed E-state index contributed by atoms with van der Waals surface area (Å²) < 4.78 is 6.62. The molecule has 0 saturated heterocycles. The Balaban J connectivity index is 2.12. The van der Waals surface area contributed by atoms with Crippen LogP contribution >= 0.6 is 11.6 Å². The summed E-state index contributed by atoms with van der Waals surface area (Å²) in [6, 6.07) is 13.4. The molecule has 2 aromatic heterocycles. The second kappa shape index (κ2) is 5.58. The third-order valence-electron chi connectivity index (χ3n) is 3.31.